The Morgan fingerprint density at radius 3 is 2.34 bits per heavy atom. The van der Waals surface area contributed by atoms with Gasteiger partial charge in [0.2, 0.25) is 15.9 Å². The third kappa shape index (κ3) is 8.32. The van der Waals surface area contributed by atoms with E-state index in [0.717, 1.165) is 24.4 Å². The number of carbonyl (C=O) groups excluding carboxylic acids is 1. The van der Waals surface area contributed by atoms with Gasteiger partial charge in [0, 0.05) is 32.7 Å². The maximum Gasteiger partial charge on any atom is 0.243 e. The highest BCUT2D eigenvalue weighted by atomic mass is 32.2. The predicted octanol–water partition coefficient (Wildman–Crippen LogP) is 3.20. The smallest absolute Gasteiger partial charge is 0.243 e. The minimum atomic E-state index is -3.91. The number of hydrogen-bond acceptors (Lipinski definition) is 8. The van der Waals surface area contributed by atoms with Crippen LogP contribution in [-0.4, -0.2) is 95.1 Å². The van der Waals surface area contributed by atoms with Crippen molar-refractivity contribution in [2.75, 3.05) is 66.7 Å². The maximum atomic E-state index is 13.8. The van der Waals surface area contributed by atoms with Crippen molar-refractivity contribution in [2.24, 2.45) is 0 Å². The number of hydrogen-bond donors (Lipinski definition) is 0. The zero-order valence-corrected chi connectivity index (χ0v) is 24.8. The molecule has 1 amide bonds. The van der Waals surface area contributed by atoms with Crippen molar-refractivity contribution in [3.05, 3.63) is 77.7 Å². The number of sulfonamides is 1. The quantitative estimate of drug-likeness (QED) is 0.284. The van der Waals surface area contributed by atoms with Crippen LogP contribution in [0.3, 0.4) is 0 Å². The van der Waals surface area contributed by atoms with Crippen molar-refractivity contribution in [1.29, 1.82) is 0 Å². The van der Waals surface area contributed by atoms with Crippen LogP contribution in [0.4, 0.5) is 0 Å². The normalized spacial score (nSPS) is 14.2. The van der Waals surface area contributed by atoms with Crippen molar-refractivity contribution >= 4 is 15.9 Å². The molecule has 0 aliphatic carbocycles. The molecule has 222 valence electrons. The number of carbonyl (C=O) groups is 1. The molecule has 2 heterocycles. The molecule has 4 rings (SSSR count). The van der Waals surface area contributed by atoms with Crippen LogP contribution in [0.25, 0.3) is 0 Å². The van der Waals surface area contributed by atoms with Crippen molar-refractivity contribution in [2.45, 2.75) is 24.8 Å². The number of morpholine rings is 1. The van der Waals surface area contributed by atoms with Crippen LogP contribution in [0.1, 0.15) is 17.1 Å². The molecule has 3 aromatic rings. The van der Waals surface area contributed by atoms with Gasteiger partial charge in [-0.3, -0.25) is 9.69 Å². The summed E-state index contributed by atoms with van der Waals surface area (Å²) in [7, 11) is -0.749. The average molecular weight is 586 g/mol. The summed E-state index contributed by atoms with van der Waals surface area (Å²) < 4.78 is 50.7. The molecule has 0 spiro atoms. The van der Waals surface area contributed by atoms with E-state index in [1.54, 1.807) is 49.5 Å². The molecule has 0 N–H and O–H groups in total. The van der Waals surface area contributed by atoms with Crippen LogP contribution in [0.2, 0.25) is 0 Å². The highest BCUT2D eigenvalue weighted by molar-refractivity contribution is 7.89. The largest absolute Gasteiger partial charge is 0.493 e. The molecule has 41 heavy (non-hydrogen) atoms. The second kappa shape index (κ2) is 14.5. The number of methoxy groups -OCH3 is 2. The first-order valence-corrected chi connectivity index (χ1v) is 15.1. The van der Waals surface area contributed by atoms with E-state index in [-0.39, 0.29) is 30.4 Å². The molecular formula is C30H39N3O7S. The number of nitrogens with zero attached hydrogens (tertiary/aromatic N) is 3. The van der Waals surface area contributed by atoms with Gasteiger partial charge in [-0.2, -0.15) is 4.31 Å². The highest BCUT2D eigenvalue weighted by Crippen LogP contribution is 2.28. The molecule has 1 aliphatic rings. The van der Waals surface area contributed by atoms with Gasteiger partial charge >= 0.3 is 0 Å². The Morgan fingerprint density at radius 1 is 0.951 bits per heavy atom. The summed E-state index contributed by atoms with van der Waals surface area (Å²) in [5, 5.41) is 0. The van der Waals surface area contributed by atoms with E-state index in [9.17, 15) is 13.2 Å². The lowest BCUT2D eigenvalue weighted by Crippen LogP contribution is -2.47. The first-order chi connectivity index (χ1) is 19.8. The molecule has 11 heteroatoms. The van der Waals surface area contributed by atoms with Crippen molar-refractivity contribution in [3.8, 4) is 11.5 Å². The van der Waals surface area contributed by atoms with Gasteiger partial charge in [-0.1, -0.05) is 24.3 Å². The fourth-order valence-electron chi connectivity index (χ4n) is 4.70. The number of ether oxygens (including phenoxy) is 3. The molecule has 2 aromatic carbocycles. The van der Waals surface area contributed by atoms with Gasteiger partial charge in [0.05, 0.1) is 45.4 Å². The fraction of sp³-hybridized carbons (Fsp3) is 0.433. The van der Waals surface area contributed by atoms with Gasteiger partial charge in [-0.15, -0.1) is 0 Å². The number of amides is 1. The molecular weight excluding hydrogens is 546 g/mol. The average Bonchev–Trinajstić information content (AvgIpc) is 3.42. The van der Waals surface area contributed by atoms with E-state index in [0.29, 0.717) is 50.0 Å². The number of rotatable bonds is 14. The zero-order valence-electron chi connectivity index (χ0n) is 24.0. The predicted molar refractivity (Wildman–Crippen MR) is 155 cm³/mol. The van der Waals surface area contributed by atoms with E-state index < -0.39 is 10.0 Å². The third-order valence-electron chi connectivity index (χ3n) is 7.08. The Morgan fingerprint density at radius 2 is 1.68 bits per heavy atom. The number of aryl methyl sites for hydroxylation is 1. The summed E-state index contributed by atoms with van der Waals surface area (Å²) in [6, 6.07) is 17.6. The van der Waals surface area contributed by atoms with Crippen LogP contribution >= 0.6 is 0 Å². The number of furan rings is 1. The molecule has 0 unspecified atom stereocenters. The molecule has 1 saturated heterocycles. The molecule has 0 saturated carbocycles. The van der Waals surface area contributed by atoms with E-state index in [4.69, 9.17) is 18.6 Å². The van der Waals surface area contributed by atoms with Crippen molar-refractivity contribution in [3.63, 3.8) is 0 Å². The van der Waals surface area contributed by atoms with Gasteiger partial charge in [0.1, 0.15) is 11.5 Å². The third-order valence-corrected chi connectivity index (χ3v) is 8.94. The second-order valence-corrected chi connectivity index (χ2v) is 11.8. The Balaban J connectivity index is 1.55. The first-order valence-electron chi connectivity index (χ1n) is 13.7. The van der Waals surface area contributed by atoms with Gasteiger partial charge in [0.15, 0.2) is 11.5 Å². The summed E-state index contributed by atoms with van der Waals surface area (Å²) >= 11 is 0. The van der Waals surface area contributed by atoms with Crippen LogP contribution < -0.4 is 9.47 Å². The molecule has 0 bridgehead atoms. The van der Waals surface area contributed by atoms with Crippen molar-refractivity contribution < 1.29 is 31.8 Å². The first kappa shape index (κ1) is 30.6. The van der Waals surface area contributed by atoms with Crippen LogP contribution in [-0.2, 0) is 32.5 Å². The lowest BCUT2D eigenvalue weighted by atomic mass is 10.1. The highest BCUT2D eigenvalue weighted by Gasteiger charge is 2.29. The summed E-state index contributed by atoms with van der Waals surface area (Å²) in [4.78, 5) is 17.8. The lowest BCUT2D eigenvalue weighted by molar-refractivity contribution is -0.132. The Hall–Kier alpha value is -3.38. The Bertz CT molecular complexity index is 1370. The van der Waals surface area contributed by atoms with Gasteiger partial charge in [-0.25, -0.2) is 8.42 Å². The minimum absolute atomic E-state index is 0.160. The van der Waals surface area contributed by atoms with Crippen LogP contribution in [0, 0.1) is 6.92 Å². The standard InChI is InChI=1S/C30H39N3O7S/c1-24-9-11-26(40-24)22-32(14-13-25-10-12-28(37-2)29(21-25)38-3)30(34)23-33(16-15-31-17-19-39-20-18-31)41(35,36)27-7-5-4-6-8-27/h4-12,21H,13-20,22-23H2,1-3H3. The SMILES string of the molecule is COc1ccc(CCN(Cc2ccc(C)o2)C(=O)CN(CCN2CCOCC2)S(=O)(=O)c2ccccc2)cc1OC. The van der Waals surface area contributed by atoms with E-state index in [2.05, 4.69) is 4.90 Å². The van der Waals surface area contributed by atoms with E-state index in [1.807, 2.05) is 37.3 Å². The molecule has 10 nitrogen and oxygen atoms in total. The van der Waals surface area contributed by atoms with Gasteiger partial charge in [0.25, 0.3) is 0 Å². The Kier molecular flexibility index (Phi) is 10.8. The van der Waals surface area contributed by atoms with Crippen LogP contribution in [0.15, 0.2) is 70.0 Å². The van der Waals surface area contributed by atoms with Gasteiger partial charge < -0.3 is 23.5 Å². The molecule has 1 aromatic heterocycles. The summed E-state index contributed by atoms with van der Waals surface area (Å²) in [5.41, 5.74) is 0.956. The molecule has 0 radical (unpaired) electrons. The lowest BCUT2D eigenvalue weighted by Gasteiger charge is -2.31. The topological polar surface area (TPSA) is 102 Å². The van der Waals surface area contributed by atoms with Gasteiger partial charge in [-0.05, 0) is 55.3 Å². The minimum Gasteiger partial charge on any atom is -0.493 e. The summed E-state index contributed by atoms with van der Waals surface area (Å²) in [6.07, 6.45) is 0.533. The van der Waals surface area contributed by atoms with E-state index in [1.165, 1.54) is 4.31 Å². The number of benzene rings is 2. The maximum absolute atomic E-state index is 13.8. The van der Waals surface area contributed by atoms with E-state index >= 15 is 0 Å². The summed E-state index contributed by atoms with van der Waals surface area (Å²) in [5.74, 6) is 2.30. The fourth-order valence-corrected chi connectivity index (χ4v) is 6.11. The van der Waals surface area contributed by atoms with Crippen LogP contribution in [0.5, 0.6) is 11.5 Å². The molecule has 1 fully saturated rings. The zero-order chi connectivity index (χ0) is 29.2. The van der Waals surface area contributed by atoms with Crippen molar-refractivity contribution in [1.82, 2.24) is 14.1 Å². The molecule has 0 atom stereocenters. The second-order valence-electron chi connectivity index (χ2n) is 9.87. The summed E-state index contributed by atoms with van der Waals surface area (Å²) in [6.45, 7) is 5.50. The monoisotopic (exact) mass is 585 g/mol. The Labute approximate surface area is 242 Å². The molecule has 1 aliphatic heterocycles.